The molecule has 0 atom stereocenters. The summed E-state index contributed by atoms with van der Waals surface area (Å²) in [5.74, 6) is 0. The van der Waals surface area contributed by atoms with Crippen molar-refractivity contribution in [3.63, 3.8) is 0 Å². The van der Waals surface area contributed by atoms with Crippen LogP contribution in [0.4, 0.5) is 5.69 Å². The maximum absolute atomic E-state index is 6.25. The summed E-state index contributed by atoms with van der Waals surface area (Å²) in [6.07, 6.45) is 4.11. The van der Waals surface area contributed by atoms with Gasteiger partial charge in [-0.15, -0.1) is 0 Å². The van der Waals surface area contributed by atoms with Crippen LogP contribution >= 0.6 is 0 Å². The Bertz CT molecular complexity index is 664. The van der Waals surface area contributed by atoms with Gasteiger partial charge in [0.2, 0.25) is 0 Å². The van der Waals surface area contributed by atoms with E-state index in [1.807, 2.05) is 30.3 Å². The normalized spacial score (nSPS) is 15.1. The molecule has 1 aliphatic rings. The van der Waals surface area contributed by atoms with E-state index in [4.69, 9.17) is 11.5 Å². The van der Waals surface area contributed by atoms with Gasteiger partial charge in [0.05, 0.1) is 0 Å². The number of benzene rings is 2. The number of hydrogen-bond donors (Lipinski definition) is 2. The molecule has 100 valence electrons. The molecule has 1 aliphatic carbocycles. The van der Waals surface area contributed by atoms with Crippen LogP contribution in [-0.4, -0.2) is 0 Å². The Hall–Kier alpha value is -2.48. The molecule has 4 N–H and O–H groups in total. The molecule has 0 aliphatic heterocycles. The van der Waals surface area contributed by atoms with E-state index in [0.717, 1.165) is 29.8 Å². The second kappa shape index (κ2) is 5.25. The number of rotatable bonds is 2. The van der Waals surface area contributed by atoms with E-state index in [-0.39, 0.29) is 0 Å². The molecule has 0 unspecified atom stereocenters. The third kappa shape index (κ3) is 2.32. The van der Waals surface area contributed by atoms with Gasteiger partial charge in [-0.25, -0.2) is 0 Å². The minimum absolute atomic E-state index is 0.787. The SMILES string of the molecule is NC1=CCCC(c2ccc(N)cc2)=C1c1ccccc1. The van der Waals surface area contributed by atoms with Gasteiger partial charge in [0, 0.05) is 17.0 Å². The standard InChI is InChI=1S/C18H18N2/c19-15-11-9-13(10-12-15)16-7-4-8-17(20)18(16)14-5-2-1-3-6-14/h1-3,5-6,8-12H,4,7,19-20H2. The molecule has 0 bridgehead atoms. The Kier molecular flexibility index (Phi) is 3.30. The lowest BCUT2D eigenvalue weighted by atomic mass is 9.86. The highest BCUT2D eigenvalue weighted by Crippen LogP contribution is 2.36. The first kappa shape index (κ1) is 12.5. The number of anilines is 1. The zero-order chi connectivity index (χ0) is 13.9. The van der Waals surface area contributed by atoms with Gasteiger partial charge in [-0.2, -0.15) is 0 Å². The fourth-order valence-electron chi connectivity index (χ4n) is 2.69. The average Bonchev–Trinajstić information content (AvgIpc) is 2.49. The molecule has 0 saturated carbocycles. The van der Waals surface area contributed by atoms with Crippen LogP contribution in [0.15, 0.2) is 66.4 Å². The highest BCUT2D eigenvalue weighted by atomic mass is 14.6. The molecular weight excluding hydrogens is 244 g/mol. The number of nitrogen functional groups attached to an aromatic ring is 1. The molecule has 0 amide bonds. The summed E-state index contributed by atoms with van der Waals surface area (Å²) in [5, 5.41) is 0. The molecule has 20 heavy (non-hydrogen) atoms. The second-order valence-corrected chi connectivity index (χ2v) is 5.04. The molecule has 0 fully saturated rings. The van der Waals surface area contributed by atoms with E-state index in [1.54, 1.807) is 0 Å². The van der Waals surface area contributed by atoms with Crippen LogP contribution in [0.1, 0.15) is 24.0 Å². The van der Waals surface area contributed by atoms with Crippen molar-refractivity contribution < 1.29 is 0 Å². The predicted molar refractivity (Wildman–Crippen MR) is 85.6 cm³/mol. The summed E-state index contributed by atoms with van der Waals surface area (Å²) < 4.78 is 0. The van der Waals surface area contributed by atoms with Crippen LogP contribution in [0.5, 0.6) is 0 Å². The van der Waals surface area contributed by atoms with Gasteiger partial charge in [0.15, 0.2) is 0 Å². The summed E-state index contributed by atoms with van der Waals surface area (Å²) in [4.78, 5) is 0. The lowest BCUT2D eigenvalue weighted by molar-refractivity contribution is 1.03. The summed E-state index contributed by atoms with van der Waals surface area (Å²) in [6, 6.07) is 18.4. The van der Waals surface area contributed by atoms with Gasteiger partial charge < -0.3 is 11.5 Å². The molecule has 3 rings (SSSR count). The maximum atomic E-state index is 6.25. The van der Waals surface area contributed by atoms with Crippen molar-refractivity contribution in [3.05, 3.63) is 77.5 Å². The number of allylic oxidation sites excluding steroid dienone is 3. The first-order chi connectivity index (χ1) is 9.75. The maximum Gasteiger partial charge on any atom is 0.0356 e. The highest BCUT2D eigenvalue weighted by Gasteiger charge is 2.16. The van der Waals surface area contributed by atoms with Crippen LogP contribution in [-0.2, 0) is 0 Å². The molecule has 0 spiro atoms. The van der Waals surface area contributed by atoms with Gasteiger partial charge in [0.1, 0.15) is 0 Å². The Labute approximate surface area is 119 Å². The smallest absolute Gasteiger partial charge is 0.0356 e. The Morgan fingerprint density at radius 3 is 2.15 bits per heavy atom. The summed E-state index contributed by atoms with van der Waals surface area (Å²) in [7, 11) is 0. The third-order valence-corrected chi connectivity index (χ3v) is 3.67. The van der Waals surface area contributed by atoms with E-state index in [1.165, 1.54) is 16.7 Å². The quantitative estimate of drug-likeness (QED) is 0.808. The largest absolute Gasteiger partial charge is 0.399 e. The third-order valence-electron chi connectivity index (χ3n) is 3.67. The van der Waals surface area contributed by atoms with Crippen LogP contribution < -0.4 is 11.5 Å². The zero-order valence-electron chi connectivity index (χ0n) is 11.3. The fraction of sp³-hybridized carbons (Fsp3) is 0.111. The molecule has 2 aromatic carbocycles. The van der Waals surface area contributed by atoms with Crippen LogP contribution in [0.25, 0.3) is 11.1 Å². The van der Waals surface area contributed by atoms with Crippen molar-refractivity contribution in [2.45, 2.75) is 12.8 Å². The molecule has 2 heteroatoms. The number of nitrogens with two attached hydrogens (primary N) is 2. The summed E-state index contributed by atoms with van der Waals surface area (Å²) in [5.41, 5.74) is 18.5. The fourth-order valence-corrected chi connectivity index (χ4v) is 2.69. The first-order valence-corrected chi connectivity index (χ1v) is 6.86. The first-order valence-electron chi connectivity index (χ1n) is 6.86. The molecule has 0 saturated heterocycles. The molecule has 0 heterocycles. The van der Waals surface area contributed by atoms with E-state index < -0.39 is 0 Å². The van der Waals surface area contributed by atoms with Gasteiger partial charge in [-0.3, -0.25) is 0 Å². The van der Waals surface area contributed by atoms with Gasteiger partial charge in [0.25, 0.3) is 0 Å². The monoisotopic (exact) mass is 262 g/mol. The van der Waals surface area contributed by atoms with E-state index in [9.17, 15) is 0 Å². The van der Waals surface area contributed by atoms with Crippen molar-refractivity contribution in [2.24, 2.45) is 5.73 Å². The highest BCUT2D eigenvalue weighted by molar-refractivity contribution is 5.98. The average molecular weight is 262 g/mol. The van der Waals surface area contributed by atoms with Crippen LogP contribution in [0, 0.1) is 0 Å². The second-order valence-electron chi connectivity index (χ2n) is 5.04. The van der Waals surface area contributed by atoms with Crippen LogP contribution in [0.3, 0.4) is 0 Å². The Balaban J connectivity index is 2.17. The van der Waals surface area contributed by atoms with Crippen molar-refractivity contribution >= 4 is 16.8 Å². The predicted octanol–water partition coefficient (Wildman–Crippen LogP) is 3.82. The number of hydrogen-bond acceptors (Lipinski definition) is 2. The zero-order valence-corrected chi connectivity index (χ0v) is 11.3. The van der Waals surface area contributed by atoms with Crippen molar-refractivity contribution in [1.82, 2.24) is 0 Å². The molecular formula is C18H18N2. The summed E-state index contributed by atoms with van der Waals surface area (Å²) >= 11 is 0. The van der Waals surface area contributed by atoms with Crippen molar-refractivity contribution in [2.75, 3.05) is 5.73 Å². The minimum atomic E-state index is 0.787. The van der Waals surface area contributed by atoms with Gasteiger partial charge in [-0.05, 0) is 41.7 Å². The lowest BCUT2D eigenvalue weighted by Gasteiger charge is -2.20. The Morgan fingerprint density at radius 2 is 1.45 bits per heavy atom. The topological polar surface area (TPSA) is 52.0 Å². The van der Waals surface area contributed by atoms with E-state index >= 15 is 0 Å². The molecule has 0 aromatic heterocycles. The lowest BCUT2D eigenvalue weighted by Crippen LogP contribution is -2.07. The molecule has 2 aromatic rings. The molecule has 2 nitrogen and oxygen atoms in total. The van der Waals surface area contributed by atoms with E-state index in [2.05, 4.69) is 30.3 Å². The molecule has 0 radical (unpaired) electrons. The Morgan fingerprint density at radius 1 is 0.750 bits per heavy atom. The van der Waals surface area contributed by atoms with Gasteiger partial charge >= 0.3 is 0 Å². The minimum Gasteiger partial charge on any atom is -0.399 e. The van der Waals surface area contributed by atoms with Gasteiger partial charge in [-0.1, -0.05) is 48.5 Å². The van der Waals surface area contributed by atoms with E-state index in [0.29, 0.717) is 0 Å². The van der Waals surface area contributed by atoms with Crippen LogP contribution in [0.2, 0.25) is 0 Å². The summed E-state index contributed by atoms with van der Waals surface area (Å²) in [6.45, 7) is 0. The van der Waals surface area contributed by atoms with Crippen molar-refractivity contribution in [3.8, 4) is 0 Å². The van der Waals surface area contributed by atoms with Crippen molar-refractivity contribution in [1.29, 1.82) is 0 Å².